The van der Waals surface area contributed by atoms with Gasteiger partial charge in [-0.15, -0.1) is 0 Å². The summed E-state index contributed by atoms with van der Waals surface area (Å²) in [6, 6.07) is 1.88. The van der Waals surface area contributed by atoms with Gasteiger partial charge in [-0.2, -0.15) is 0 Å². The van der Waals surface area contributed by atoms with Crippen molar-refractivity contribution in [3.63, 3.8) is 0 Å². The molecule has 1 aromatic rings. The van der Waals surface area contributed by atoms with Gasteiger partial charge in [-0.3, -0.25) is 4.79 Å². The summed E-state index contributed by atoms with van der Waals surface area (Å²) >= 11 is 5.98. The van der Waals surface area contributed by atoms with E-state index < -0.39 is 0 Å². The molecule has 0 saturated heterocycles. The van der Waals surface area contributed by atoms with Crippen LogP contribution in [-0.2, 0) is 0 Å². The predicted molar refractivity (Wildman–Crippen MR) is 82.3 cm³/mol. The standard InChI is InChI=1S/C15H25ClN2O2/c1-4-5-12(6-7-19)9-17-15(20)14-8-13(16)10-18(14)11(2)3/h8,10-12,19H,4-7,9H2,1-3H3,(H,17,20). The minimum absolute atomic E-state index is 0.107. The number of hydrogen-bond acceptors (Lipinski definition) is 2. The second kappa shape index (κ2) is 8.32. The number of carbonyl (C=O) groups excluding carboxylic acids is 1. The van der Waals surface area contributed by atoms with Crippen molar-refractivity contribution in [1.29, 1.82) is 0 Å². The fourth-order valence-electron chi connectivity index (χ4n) is 2.32. The van der Waals surface area contributed by atoms with Gasteiger partial charge in [0.1, 0.15) is 5.69 Å². The third-order valence-corrected chi connectivity index (χ3v) is 3.60. The van der Waals surface area contributed by atoms with E-state index in [0.717, 1.165) is 19.3 Å². The molecule has 1 aromatic heterocycles. The van der Waals surface area contributed by atoms with Crippen LogP contribution in [0.25, 0.3) is 0 Å². The summed E-state index contributed by atoms with van der Waals surface area (Å²) in [7, 11) is 0. The van der Waals surface area contributed by atoms with Crippen molar-refractivity contribution >= 4 is 17.5 Å². The summed E-state index contributed by atoms with van der Waals surface area (Å²) in [5.74, 6) is 0.219. The molecule has 0 radical (unpaired) electrons. The van der Waals surface area contributed by atoms with Crippen molar-refractivity contribution in [3.8, 4) is 0 Å². The van der Waals surface area contributed by atoms with Crippen molar-refractivity contribution in [3.05, 3.63) is 23.0 Å². The SMILES string of the molecule is CCCC(CCO)CNC(=O)c1cc(Cl)cn1C(C)C. The monoisotopic (exact) mass is 300 g/mol. The lowest BCUT2D eigenvalue weighted by Gasteiger charge is -2.17. The van der Waals surface area contributed by atoms with Crippen LogP contribution in [0.4, 0.5) is 0 Å². The highest BCUT2D eigenvalue weighted by Gasteiger charge is 2.16. The predicted octanol–water partition coefficient (Wildman–Crippen LogP) is 3.25. The Morgan fingerprint density at radius 3 is 2.70 bits per heavy atom. The molecule has 0 bridgehead atoms. The van der Waals surface area contributed by atoms with Crippen molar-refractivity contribution in [2.45, 2.75) is 46.1 Å². The average molecular weight is 301 g/mol. The number of hydrogen-bond donors (Lipinski definition) is 2. The number of aromatic nitrogens is 1. The summed E-state index contributed by atoms with van der Waals surface area (Å²) in [6.07, 6.45) is 4.56. The van der Waals surface area contributed by atoms with Crippen LogP contribution in [0.15, 0.2) is 12.3 Å². The lowest BCUT2D eigenvalue weighted by molar-refractivity contribution is 0.0932. The zero-order valence-corrected chi connectivity index (χ0v) is 13.3. The average Bonchev–Trinajstić information content (AvgIpc) is 2.78. The molecule has 0 fully saturated rings. The molecule has 0 spiro atoms. The number of halogens is 1. The van der Waals surface area contributed by atoms with E-state index in [2.05, 4.69) is 12.2 Å². The van der Waals surface area contributed by atoms with Gasteiger partial charge >= 0.3 is 0 Å². The number of aliphatic hydroxyl groups is 1. The van der Waals surface area contributed by atoms with E-state index in [9.17, 15) is 4.79 Å². The first-order valence-electron chi connectivity index (χ1n) is 7.26. The number of rotatable bonds is 8. The number of amides is 1. The van der Waals surface area contributed by atoms with E-state index in [1.165, 1.54) is 0 Å². The first-order valence-corrected chi connectivity index (χ1v) is 7.63. The minimum Gasteiger partial charge on any atom is -0.396 e. The van der Waals surface area contributed by atoms with Crippen molar-refractivity contribution in [1.82, 2.24) is 9.88 Å². The highest BCUT2D eigenvalue weighted by Crippen LogP contribution is 2.19. The molecule has 20 heavy (non-hydrogen) atoms. The van der Waals surface area contributed by atoms with Crippen molar-refractivity contribution < 1.29 is 9.90 Å². The molecule has 114 valence electrons. The Kier molecular flexibility index (Phi) is 7.10. The Labute approximate surface area is 126 Å². The second-order valence-corrected chi connectivity index (χ2v) is 5.86. The summed E-state index contributed by atoms with van der Waals surface area (Å²) in [4.78, 5) is 12.2. The molecule has 1 amide bonds. The van der Waals surface area contributed by atoms with E-state index in [1.807, 2.05) is 18.4 Å². The third kappa shape index (κ3) is 4.84. The third-order valence-electron chi connectivity index (χ3n) is 3.39. The Balaban J connectivity index is 2.66. The first kappa shape index (κ1) is 17.1. The molecule has 1 heterocycles. The molecule has 1 unspecified atom stereocenters. The van der Waals surface area contributed by atoms with E-state index in [0.29, 0.717) is 23.2 Å². The zero-order chi connectivity index (χ0) is 15.1. The van der Waals surface area contributed by atoms with Gasteiger partial charge in [0.2, 0.25) is 0 Å². The van der Waals surface area contributed by atoms with Gasteiger partial charge in [0.25, 0.3) is 5.91 Å². The lowest BCUT2D eigenvalue weighted by Crippen LogP contribution is -2.31. The molecular weight excluding hydrogens is 276 g/mol. The van der Waals surface area contributed by atoms with Crippen LogP contribution in [0.5, 0.6) is 0 Å². The molecule has 5 heteroatoms. The summed E-state index contributed by atoms with van der Waals surface area (Å²) < 4.78 is 1.87. The van der Waals surface area contributed by atoms with Crippen LogP contribution in [0.2, 0.25) is 5.02 Å². The van der Waals surface area contributed by atoms with Crippen LogP contribution < -0.4 is 5.32 Å². The van der Waals surface area contributed by atoms with Gasteiger partial charge in [-0.25, -0.2) is 0 Å². The highest BCUT2D eigenvalue weighted by molar-refractivity contribution is 6.31. The van der Waals surface area contributed by atoms with E-state index in [1.54, 1.807) is 12.3 Å². The van der Waals surface area contributed by atoms with Gasteiger partial charge in [0, 0.05) is 25.4 Å². The maximum atomic E-state index is 12.2. The fraction of sp³-hybridized carbons (Fsp3) is 0.667. The maximum Gasteiger partial charge on any atom is 0.267 e. The van der Waals surface area contributed by atoms with Gasteiger partial charge in [-0.1, -0.05) is 24.9 Å². The topological polar surface area (TPSA) is 54.3 Å². The van der Waals surface area contributed by atoms with Crippen LogP contribution in [-0.4, -0.2) is 28.7 Å². The first-order chi connectivity index (χ1) is 9.49. The Morgan fingerprint density at radius 2 is 2.15 bits per heavy atom. The smallest absolute Gasteiger partial charge is 0.267 e. The van der Waals surface area contributed by atoms with Crippen LogP contribution in [0.1, 0.15) is 56.6 Å². The number of carbonyl (C=O) groups is 1. The number of aliphatic hydroxyl groups excluding tert-OH is 1. The second-order valence-electron chi connectivity index (χ2n) is 5.42. The number of nitrogens with zero attached hydrogens (tertiary/aromatic N) is 1. The minimum atomic E-state index is -0.107. The molecule has 0 aromatic carbocycles. The largest absolute Gasteiger partial charge is 0.396 e. The van der Waals surface area contributed by atoms with Gasteiger partial charge in [0.05, 0.1) is 5.02 Å². The van der Waals surface area contributed by atoms with Gasteiger partial charge in [-0.05, 0) is 38.7 Å². The summed E-state index contributed by atoms with van der Waals surface area (Å²) in [5.41, 5.74) is 0.587. The van der Waals surface area contributed by atoms with E-state index in [4.69, 9.17) is 16.7 Å². The van der Waals surface area contributed by atoms with Crippen molar-refractivity contribution in [2.75, 3.05) is 13.2 Å². The van der Waals surface area contributed by atoms with E-state index >= 15 is 0 Å². The lowest BCUT2D eigenvalue weighted by atomic mass is 10.0. The molecule has 2 N–H and O–H groups in total. The highest BCUT2D eigenvalue weighted by atomic mass is 35.5. The molecule has 0 aliphatic carbocycles. The van der Waals surface area contributed by atoms with E-state index in [-0.39, 0.29) is 18.6 Å². The molecule has 4 nitrogen and oxygen atoms in total. The summed E-state index contributed by atoms with van der Waals surface area (Å²) in [5, 5.41) is 12.6. The fourth-order valence-corrected chi connectivity index (χ4v) is 2.53. The maximum absolute atomic E-state index is 12.2. The Morgan fingerprint density at radius 1 is 1.45 bits per heavy atom. The van der Waals surface area contributed by atoms with Gasteiger partial charge in [0.15, 0.2) is 0 Å². The quantitative estimate of drug-likeness (QED) is 0.774. The van der Waals surface area contributed by atoms with Crippen LogP contribution >= 0.6 is 11.6 Å². The van der Waals surface area contributed by atoms with Crippen LogP contribution in [0.3, 0.4) is 0 Å². The molecular formula is C15H25ClN2O2. The Hall–Kier alpha value is -1.00. The Bertz CT molecular complexity index is 424. The zero-order valence-electron chi connectivity index (χ0n) is 12.5. The molecule has 0 aliphatic heterocycles. The number of nitrogens with one attached hydrogen (secondary N) is 1. The molecule has 1 rings (SSSR count). The molecule has 0 saturated carbocycles. The van der Waals surface area contributed by atoms with Gasteiger partial charge < -0.3 is 15.0 Å². The van der Waals surface area contributed by atoms with Crippen LogP contribution in [0, 0.1) is 5.92 Å². The molecule has 1 atom stereocenters. The normalized spacial score (nSPS) is 12.7. The molecule has 0 aliphatic rings. The van der Waals surface area contributed by atoms with Crippen molar-refractivity contribution in [2.24, 2.45) is 5.92 Å². The summed E-state index contributed by atoms with van der Waals surface area (Å²) in [6.45, 7) is 6.89.